The predicted molar refractivity (Wildman–Crippen MR) is 97.3 cm³/mol. The van der Waals surface area contributed by atoms with Crippen LogP contribution in [0.3, 0.4) is 0 Å². The average molecular weight is 351 g/mol. The molecule has 0 aromatic heterocycles. The van der Waals surface area contributed by atoms with Crippen molar-refractivity contribution in [3.8, 4) is 16.9 Å². The summed E-state index contributed by atoms with van der Waals surface area (Å²) in [7, 11) is -3.78. The molecule has 3 aromatic rings. The summed E-state index contributed by atoms with van der Waals surface area (Å²) in [6.45, 7) is 0.453. The lowest BCUT2D eigenvalue weighted by atomic mass is 10.1. The molecular weight excluding hydrogens is 334 g/mol. The molecule has 3 aromatic carbocycles. The van der Waals surface area contributed by atoms with E-state index in [-0.39, 0.29) is 6.04 Å². The third-order valence-electron chi connectivity index (χ3n) is 4.20. The van der Waals surface area contributed by atoms with Gasteiger partial charge in [0, 0.05) is 6.54 Å². The van der Waals surface area contributed by atoms with Crippen LogP contribution in [0.1, 0.15) is 11.6 Å². The summed E-state index contributed by atoms with van der Waals surface area (Å²) in [5, 5.41) is 0. The van der Waals surface area contributed by atoms with Crippen LogP contribution in [0.2, 0.25) is 0 Å². The highest BCUT2D eigenvalue weighted by Gasteiger charge is 2.46. The number of hydrogen-bond acceptors (Lipinski definition) is 3. The zero-order valence-corrected chi connectivity index (χ0v) is 14.3. The van der Waals surface area contributed by atoms with E-state index in [9.17, 15) is 8.42 Å². The van der Waals surface area contributed by atoms with Gasteiger partial charge in [0.2, 0.25) is 0 Å². The molecule has 0 saturated carbocycles. The van der Waals surface area contributed by atoms with Crippen molar-refractivity contribution in [3.63, 3.8) is 0 Å². The molecule has 1 heterocycles. The fourth-order valence-electron chi connectivity index (χ4n) is 2.82. The first-order chi connectivity index (χ1) is 12.1. The smallest absolute Gasteiger partial charge is 0.371 e. The zero-order chi connectivity index (χ0) is 17.3. The van der Waals surface area contributed by atoms with Crippen LogP contribution in [0.5, 0.6) is 5.75 Å². The Hall–Kier alpha value is -2.63. The number of nitrogens with zero attached hydrogens (tertiary/aromatic N) is 1. The highest BCUT2D eigenvalue weighted by atomic mass is 32.2. The van der Waals surface area contributed by atoms with Gasteiger partial charge in [0.1, 0.15) is 5.75 Å². The average Bonchev–Trinajstić information content (AvgIpc) is 3.45. The lowest BCUT2D eigenvalue weighted by Gasteiger charge is -2.09. The summed E-state index contributed by atoms with van der Waals surface area (Å²) in [4.78, 5) is 0. The molecule has 2 unspecified atom stereocenters. The van der Waals surface area contributed by atoms with Gasteiger partial charge in [0.05, 0.1) is 6.04 Å². The van der Waals surface area contributed by atoms with Crippen molar-refractivity contribution in [3.05, 3.63) is 90.5 Å². The third-order valence-corrected chi connectivity index (χ3v) is 5.58. The van der Waals surface area contributed by atoms with Gasteiger partial charge in [-0.3, -0.25) is 0 Å². The standard InChI is InChI=1S/C20H17NO3S/c22-25(23,21-15-20(21)18-9-5-2-6-10-18)24-19-13-11-17(12-14-19)16-7-3-1-4-8-16/h1-14,20H,15H2. The Kier molecular flexibility index (Phi) is 4.03. The van der Waals surface area contributed by atoms with Gasteiger partial charge in [-0.05, 0) is 28.8 Å². The minimum absolute atomic E-state index is 0.130. The van der Waals surface area contributed by atoms with E-state index in [0.717, 1.165) is 16.7 Å². The van der Waals surface area contributed by atoms with Crippen molar-refractivity contribution in [2.24, 2.45) is 0 Å². The van der Waals surface area contributed by atoms with Crippen LogP contribution in [0.15, 0.2) is 84.9 Å². The quantitative estimate of drug-likeness (QED) is 0.652. The van der Waals surface area contributed by atoms with Crippen molar-refractivity contribution < 1.29 is 12.6 Å². The summed E-state index contributed by atoms with van der Waals surface area (Å²) in [5.41, 5.74) is 3.07. The molecule has 5 heteroatoms. The van der Waals surface area contributed by atoms with Gasteiger partial charge in [0.25, 0.3) is 0 Å². The number of rotatable bonds is 5. The van der Waals surface area contributed by atoms with Gasteiger partial charge in [-0.15, -0.1) is 0 Å². The summed E-state index contributed by atoms with van der Waals surface area (Å²) in [6.07, 6.45) is 0. The molecule has 126 valence electrons. The summed E-state index contributed by atoms with van der Waals surface area (Å²) in [6, 6.07) is 26.4. The minimum Gasteiger partial charge on any atom is -0.371 e. The minimum atomic E-state index is -3.78. The largest absolute Gasteiger partial charge is 0.385 e. The molecule has 2 atom stereocenters. The Morgan fingerprint density at radius 2 is 1.32 bits per heavy atom. The molecule has 4 rings (SSSR count). The van der Waals surface area contributed by atoms with Crippen molar-refractivity contribution in [2.75, 3.05) is 6.54 Å². The van der Waals surface area contributed by atoms with Gasteiger partial charge >= 0.3 is 10.3 Å². The first-order valence-corrected chi connectivity index (χ1v) is 9.42. The number of hydrogen-bond donors (Lipinski definition) is 0. The van der Waals surface area contributed by atoms with Gasteiger partial charge in [-0.25, -0.2) is 0 Å². The van der Waals surface area contributed by atoms with Gasteiger partial charge < -0.3 is 4.18 Å². The molecule has 0 aliphatic carbocycles. The molecule has 0 amide bonds. The fourth-order valence-corrected chi connectivity index (χ4v) is 4.03. The first-order valence-electron chi connectivity index (χ1n) is 8.05. The molecule has 0 bridgehead atoms. The molecule has 1 fully saturated rings. The summed E-state index contributed by atoms with van der Waals surface area (Å²) in [5.74, 6) is 0.318. The van der Waals surface area contributed by atoms with E-state index in [1.54, 1.807) is 12.1 Å². The van der Waals surface area contributed by atoms with E-state index in [2.05, 4.69) is 0 Å². The second-order valence-electron chi connectivity index (χ2n) is 5.93. The predicted octanol–water partition coefficient (Wildman–Crippen LogP) is 4.03. The van der Waals surface area contributed by atoms with Gasteiger partial charge in [-0.1, -0.05) is 72.8 Å². The maximum atomic E-state index is 12.4. The van der Waals surface area contributed by atoms with Crippen LogP contribution in [-0.2, 0) is 10.3 Å². The molecule has 25 heavy (non-hydrogen) atoms. The maximum absolute atomic E-state index is 12.4. The maximum Gasteiger partial charge on any atom is 0.385 e. The van der Waals surface area contributed by atoms with Crippen molar-refractivity contribution in [1.29, 1.82) is 0 Å². The zero-order valence-electron chi connectivity index (χ0n) is 13.4. The lowest BCUT2D eigenvalue weighted by molar-refractivity contribution is 0.445. The molecule has 0 spiro atoms. The Balaban J connectivity index is 1.47. The van der Waals surface area contributed by atoms with Crippen molar-refractivity contribution >= 4 is 10.3 Å². The Bertz CT molecular complexity index is 955. The Morgan fingerprint density at radius 3 is 1.96 bits per heavy atom. The Labute approximate surface area is 147 Å². The Morgan fingerprint density at radius 1 is 0.760 bits per heavy atom. The van der Waals surface area contributed by atoms with Crippen LogP contribution < -0.4 is 4.18 Å². The second-order valence-corrected chi connectivity index (χ2v) is 7.42. The number of benzene rings is 3. The summed E-state index contributed by atoms with van der Waals surface area (Å²) >= 11 is 0. The SMILES string of the molecule is O=S(=O)(Oc1ccc(-c2ccccc2)cc1)N1CC1c1ccccc1. The second kappa shape index (κ2) is 6.35. The van der Waals surface area contributed by atoms with Crippen LogP contribution in [-0.4, -0.2) is 19.3 Å². The van der Waals surface area contributed by atoms with E-state index >= 15 is 0 Å². The highest BCUT2D eigenvalue weighted by Crippen LogP contribution is 2.38. The molecule has 4 nitrogen and oxygen atoms in total. The fraction of sp³-hybridized carbons (Fsp3) is 0.100. The highest BCUT2D eigenvalue weighted by molar-refractivity contribution is 7.85. The normalized spacial score (nSPS) is 19.4. The first kappa shape index (κ1) is 15.9. The summed E-state index contributed by atoms with van der Waals surface area (Å²) < 4.78 is 31.4. The van der Waals surface area contributed by atoms with Gasteiger partial charge in [-0.2, -0.15) is 12.7 Å². The molecule has 1 saturated heterocycles. The van der Waals surface area contributed by atoms with E-state index in [1.807, 2.05) is 72.8 Å². The van der Waals surface area contributed by atoms with Crippen LogP contribution >= 0.6 is 0 Å². The van der Waals surface area contributed by atoms with Crippen molar-refractivity contribution in [1.82, 2.24) is 4.31 Å². The topological polar surface area (TPSA) is 46.4 Å². The molecule has 1 aliphatic rings. The van der Waals surface area contributed by atoms with Crippen LogP contribution in [0.25, 0.3) is 11.1 Å². The van der Waals surface area contributed by atoms with E-state index < -0.39 is 10.3 Å². The molecule has 0 N–H and O–H groups in total. The van der Waals surface area contributed by atoms with E-state index in [4.69, 9.17) is 4.18 Å². The van der Waals surface area contributed by atoms with Crippen LogP contribution in [0, 0.1) is 0 Å². The van der Waals surface area contributed by atoms with Crippen molar-refractivity contribution in [2.45, 2.75) is 6.04 Å². The molecule has 0 radical (unpaired) electrons. The molecular formula is C20H17NO3S. The van der Waals surface area contributed by atoms with Crippen LogP contribution in [0.4, 0.5) is 0 Å². The van der Waals surface area contributed by atoms with E-state index in [1.165, 1.54) is 4.31 Å². The van der Waals surface area contributed by atoms with E-state index in [0.29, 0.717) is 12.3 Å². The molecule has 1 aliphatic heterocycles. The van der Waals surface area contributed by atoms with Gasteiger partial charge in [0.15, 0.2) is 0 Å². The lowest BCUT2D eigenvalue weighted by Crippen LogP contribution is -2.19. The monoisotopic (exact) mass is 351 g/mol. The third kappa shape index (κ3) is 3.43.